The summed E-state index contributed by atoms with van der Waals surface area (Å²) in [4.78, 5) is 0. The lowest BCUT2D eigenvalue weighted by Crippen LogP contribution is -2.19. The van der Waals surface area contributed by atoms with Gasteiger partial charge in [-0.2, -0.15) is 0 Å². The van der Waals surface area contributed by atoms with E-state index in [9.17, 15) is 0 Å². The van der Waals surface area contributed by atoms with E-state index in [0.717, 1.165) is 5.56 Å². The van der Waals surface area contributed by atoms with Gasteiger partial charge in [0.05, 0.1) is 16.1 Å². The minimum absolute atomic E-state index is 0.0421. The van der Waals surface area contributed by atoms with Gasteiger partial charge in [-0.05, 0) is 61.7 Å². The number of hydrogen-bond donors (Lipinski definition) is 1. The average molecular weight is 308 g/mol. The lowest BCUT2D eigenvalue weighted by Gasteiger charge is -2.22. The highest BCUT2D eigenvalue weighted by Gasteiger charge is 2.19. The van der Waals surface area contributed by atoms with Crippen LogP contribution in [0.15, 0.2) is 30.3 Å². The first-order valence-electron chi connectivity index (χ1n) is 6.64. The number of aryl methyl sites for hydroxylation is 3. The molecule has 2 aromatic carbocycles. The van der Waals surface area contributed by atoms with Gasteiger partial charge in [-0.1, -0.05) is 47.5 Å². The smallest absolute Gasteiger partial charge is 0.0643 e. The van der Waals surface area contributed by atoms with Gasteiger partial charge < -0.3 is 5.32 Å². The molecule has 0 saturated heterocycles. The van der Waals surface area contributed by atoms with Gasteiger partial charge in [-0.15, -0.1) is 0 Å². The van der Waals surface area contributed by atoms with E-state index in [-0.39, 0.29) is 6.04 Å². The molecule has 0 saturated carbocycles. The monoisotopic (exact) mass is 307 g/mol. The summed E-state index contributed by atoms with van der Waals surface area (Å²) in [6.07, 6.45) is 0. The van der Waals surface area contributed by atoms with Gasteiger partial charge in [-0.3, -0.25) is 0 Å². The van der Waals surface area contributed by atoms with Crippen LogP contribution in [0.4, 0.5) is 0 Å². The van der Waals surface area contributed by atoms with E-state index in [4.69, 9.17) is 23.2 Å². The van der Waals surface area contributed by atoms with Gasteiger partial charge in [-0.25, -0.2) is 0 Å². The second-order valence-corrected chi connectivity index (χ2v) is 5.94. The van der Waals surface area contributed by atoms with Crippen LogP contribution >= 0.6 is 23.2 Å². The Bertz CT molecular complexity index is 635. The molecule has 2 rings (SSSR count). The Hall–Kier alpha value is -1.02. The highest BCUT2D eigenvalue weighted by Crippen LogP contribution is 2.34. The molecule has 0 heterocycles. The van der Waals surface area contributed by atoms with Crippen molar-refractivity contribution >= 4 is 23.2 Å². The van der Waals surface area contributed by atoms with Gasteiger partial charge in [0, 0.05) is 0 Å². The molecule has 0 fully saturated rings. The number of rotatable bonds is 3. The molecular weight excluding hydrogens is 289 g/mol. The van der Waals surface area contributed by atoms with E-state index >= 15 is 0 Å². The summed E-state index contributed by atoms with van der Waals surface area (Å²) in [7, 11) is 1.94. The molecule has 0 amide bonds. The third-order valence-corrected chi connectivity index (χ3v) is 4.61. The van der Waals surface area contributed by atoms with E-state index in [0.29, 0.717) is 10.0 Å². The summed E-state index contributed by atoms with van der Waals surface area (Å²) in [5, 5.41) is 4.55. The molecule has 0 aliphatic rings. The van der Waals surface area contributed by atoms with Crippen molar-refractivity contribution in [2.24, 2.45) is 0 Å². The van der Waals surface area contributed by atoms with Crippen molar-refractivity contribution in [3.05, 3.63) is 68.2 Å². The van der Waals surface area contributed by atoms with Crippen LogP contribution in [-0.2, 0) is 0 Å². The molecule has 1 N–H and O–H groups in total. The molecule has 106 valence electrons. The Labute approximate surface area is 130 Å². The fraction of sp³-hybridized carbons (Fsp3) is 0.294. The second-order valence-electron chi connectivity index (χ2n) is 5.16. The van der Waals surface area contributed by atoms with Crippen LogP contribution in [0.1, 0.15) is 33.9 Å². The van der Waals surface area contributed by atoms with Gasteiger partial charge in [0.25, 0.3) is 0 Å². The lowest BCUT2D eigenvalue weighted by molar-refractivity contribution is 0.687. The Balaban J connectivity index is 2.58. The third kappa shape index (κ3) is 2.85. The van der Waals surface area contributed by atoms with Crippen LogP contribution in [0.5, 0.6) is 0 Å². The summed E-state index contributed by atoms with van der Waals surface area (Å²) in [6, 6.07) is 10.2. The number of nitrogens with one attached hydrogen (secondary N) is 1. The lowest BCUT2D eigenvalue weighted by atomic mass is 9.92. The highest BCUT2D eigenvalue weighted by atomic mass is 35.5. The van der Waals surface area contributed by atoms with Gasteiger partial charge in [0.15, 0.2) is 0 Å². The zero-order valence-corrected chi connectivity index (χ0v) is 13.7. The van der Waals surface area contributed by atoms with E-state index in [1.807, 2.05) is 25.2 Å². The van der Waals surface area contributed by atoms with Crippen molar-refractivity contribution in [1.82, 2.24) is 5.32 Å². The molecule has 1 atom stereocenters. The number of halogens is 2. The standard InChI is InChI=1S/C17H19Cl2N/c1-10-8-12(3)14(9-11(10)2)17(20-4)13-6-5-7-15(18)16(13)19/h5-9,17,20H,1-4H3. The van der Waals surface area contributed by atoms with Crippen LogP contribution in [0, 0.1) is 20.8 Å². The predicted molar refractivity (Wildman–Crippen MR) is 88.0 cm³/mol. The maximum Gasteiger partial charge on any atom is 0.0643 e. The van der Waals surface area contributed by atoms with Crippen LogP contribution in [-0.4, -0.2) is 7.05 Å². The van der Waals surface area contributed by atoms with E-state index in [1.54, 1.807) is 0 Å². The number of benzene rings is 2. The quantitative estimate of drug-likeness (QED) is 0.819. The van der Waals surface area contributed by atoms with Crippen LogP contribution < -0.4 is 5.32 Å². The fourth-order valence-corrected chi connectivity index (χ4v) is 2.93. The van der Waals surface area contributed by atoms with E-state index < -0.39 is 0 Å². The molecule has 0 aliphatic heterocycles. The Morgan fingerprint density at radius 1 is 0.900 bits per heavy atom. The largest absolute Gasteiger partial charge is 0.309 e. The van der Waals surface area contributed by atoms with Crippen molar-refractivity contribution in [2.45, 2.75) is 26.8 Å². The maximum absolute atomic E-state index is 6.37. The average Bonchev–Trinajstić information content (AvgIpc) is 2.41. The van der Waals surface area contributed by atoms with Crippen molar-refractivity contribution in [1.29, 1.82) is 0 Å². The Kier molecular flexibility index (Phi) is 4.74. The van der Waals surface area contributed by atoms with Crippen molar-refractivity contribution in [2.75, 3.05) is 7.05 Å². The van der Waals surface area contributed by atoms with Gasteiger partial charge in [0.2, 0.25) is 0 Å². The molecule has 0 aliphatic carbocycles. The first-order valence-corrected chi connectivity index (χ1v) is 7.40. The predicted octanol–water partition coefficient (Wildman–Crippen LogP) is 5.23. The molecule has 2 aromatic rings. The first-order chi connectivity index (χ1) is 9.45. The van der Waals surface area contributed by atoms with E-state index in [2.05, 4.69) is 38.2 Å². The summed E-state index contributed by atoms with van der Waals surface area (Å²) >= 11 is 12.5. The topological polar surface area (TPSA) is 12.0 Å². The minimum atomic E-state index is 0.0421. The van der Waals surface area contributed by atoms with Gasteiger partial charge >= 0.3 is 0 Å². The molecular formula is C17H19Cl2N. The van der Waals surface area contributed by atoms with Crippen molar-refractivity contribution in [3.8, 4) is 0 Å². The first kappa shape index (κ1) is 15.4. The SMILES string of the molecule is CNC(c1cc(C)c(C)cc1C)c1cccc(Cl)c1Cl. The maximum atomic E-state index is 6.37. The minimum Gasteiger partial charge on any atom is -0.309 e. The summed E-state index contributed by atoms with van der Waals surface area (Å²) in [6.45, 7) is 6.39. The number of hydrogen-bond acceptors (Lipinski definition) is 1. The summed E-state index contributed by atoms with van der Waals surface area (Å²) < 4.78 is 0. The van der Waals surface area contributed by atoms with E-state index in [1.165, 1.54) is 22.3 Å². The second kappa shape index (κ2) is 6.17. The molecule has 20 heavy (non-hydrogen) atoms. The van der Waals surface area contributed by atoms with Crippen LogP contribution in [0.3, 0.4) is 0 Å². The normalized spacial score (nSPS) is 12.5. The Morgan fingerprint density at radius 3 is 2.20 bits per heavy atom. The molecule has 1 nitrogen and oxygen atoms in total. The Morgan fingerprint density at radius 2 is 1.55 bits per heavy atom. The van der Waals surface area contributed by atoms with Gasteiger partial charge in [0.1, 0.15) is 0 Å². The summed E-state index contributed by atoms with van der Waals surface area (Å²) in [5.41, 5.74) is 6.08. The van der Waals surface area contributed by atoms with Crippen LogP contribution in [0.2, 0.25) is 10.0 Å². The zero-order valence-electron chi connectivity index (χ0n) is 12.2. The molecule has 0 aromatic heterocycles. The molecule has 0 spiro atoms. The molecule has 1 unspecified atom stereocenters. The molecule has 0 radical (unpaired) electrons. The zero-order chi connectivity index (χ0) is 14.9. The highest BCUT2D eigenvalue weighted by molar-refractivity contribution is 6.42. The van der Waals surface area contributed by atoms with Crippen molar-refractivity contribution < 1.29 is 0 Å². The molecule has 3 heteroatoms. The summed E-state index contributed by atoms with van der Waals surface area (Å²) in [5.74, 6) is 0. The third-order valence-electron chi connectivity index (χ3n) is 3.77. The molecule has 0 bridgehead atoms. The van der Waals surface area contributed by atoms with Crippen LogP contribution in [0.25, 0.3) is 0 Å². The van der Waals surface area contributed by atoms with Crippen molar-refractivity contribution in [3.63, 3.8) is 0 Å². The fourth-order valence-electron chi connectivity index (χ4n) is 2.52.